The molecule has 2 heterocycles. The molecule has 4 rings (SSSR count). The number of carbonyl (C=O) groups is 2. The summed E-state index contributed by atoms with van der Waals surface area (Å²) in [4.78, 5) is 31.9. The molecule has 0 aliphatic carbocycles. The second kappa shape index (κ2) is 10.1. The second-order valence-corrected chi connectivity index (χ2v) is 8.66. The van der Waals surface area contributed by atoms with Gasteiger partial charge in [-0.2, -0.15) is 0 Å². The molecule has 2 aromatic carbocycles. The van der Waals surface area contributed by atoms with E-state index < -0.39 is 23.1 Å². The summed E-state index contributed by atoms with van der Waals surface area (Å²) >= 11 is 0. The zero-order chi connectivity index (χ0) is 24.2. The fourth-order valence-corrected chi connectivity index (χ4v) is 4.38. The lowest BCUT2D eigenvalue weighted by Crippen LogP contribution is -2.39. The molecular weight excluding hydrogens is 436 g/mol. The molecule has 1 fully saturated rings. The zero-order valence-corrected chi connectivity index (χ0v) is 19.3. The van der Waals surface area contributed by atoms with E-state index in [0.717, 1.165) is 29.0 Å². The maximum absolute atomic E-state index is 14.1. The molecule has 1 aliphatic rings. The number of likely N-dealkylation sites (tertiary alicyclic amines) is 1. The third-order valence-electron chi connectivity index (χ3n) is 6.35. The first-order valence-electron chi connectivity index (χ1n) is 11.4. The van der Waals surface area contributed by atoms with Gasteiger partial charge in [0.25, 0.3) is 11.8 Å². The number of hydrogen-bond acceptors (Lipinski definition) is 3. The van der Waals surface area contributed by atoms with Gasteiger partial charge in [-0.1, -0.05) is 30.3 Å². The summed E-state index contributed by atoms with van der Waals surface area (Å²) < 4.78 is 28.1. The molecule has 7 heteroatoms. The van der Waals surface area contributed by atoms with Crippen molar-refractivity contribution in [3.8, 4) is 0 Å². The minimum Gasteiger partial charge on any atom is -0.348 e. The summed E-state index contributed by atoms with van der Waals surface area (Å²) in [6.07, 6.45) is 1.10. The van der Waals surface area contributed by atoms with Gasteiger partial charge in [-0.3, -0.25) is 14.6 Å². The molecule has 0 bridgehead atoms. The summed E-state index contributed by atoms with van der Waals surface area (Å²) in [5, 5.41) is 2.99. The summed E-state index contributed by atoms with van der Waals surface area (Å²) in [5.74, 6) is -2.60. The number of piperidine rings is 1. The molecule has 1 aliphatic heterocycles. The number of nitrogens with one attached hydrogen (secondary N) is 1. The number of rotatable bonds is 5. The van der Waals surface area contributed by atoms with Crippen LogP contribution in [0, 0.1) is 25.5 Å². The summed E-state index contributed by atoms with van der Waals surface area (Å²) in [7, 11) is 0. The van der Waals surface area contributed by atoms with Gasteiger partial charge in [0.1, 0.15) is 17.2 Å². The Hall–Kier alpha value is -3.61. The fourth-order valence-electron chi connectivity index (χ4n) is 4.38. The van der Waals surface area contributed by atoms with Crippen LogP contribution in [0.25, 0.3) is 0 Å². The Morgan fingerprint density at radius 1 is 0.971 bits per heavy atom. The van der Waals surface area contributed by atoms with E-state index in [1.165, 1.54) is 11.0 Å². The van der Waals surface area contributed by atoms with Crippen molar-refractivity contribution in [2.24, 2.45) is 0 Å². The van der Waals surface area contributed by atoms with Crippen molar-refractivity contribution in [3.63, 3.8) is 0 Å². The number of hydrogen-bond donors (Lipinski definition) is 1. The summed E-state index contributed by atoms with van der Waals surface area (Å²) in [6, 6.07) is 14.9. The van der Waals surface area contributed by atoms with Crippen LogP contribution in [0.15, 0.2) is 54.6 Å². The van der Waals surface area contributed by atoms with Crippen molar-refractivity contribution >= 4 is 11.8 Å². The van der Waals surface area contributed by atoms with Crippen LogP contribution in [0.2, 0.25) is 0 Å². The van der Waals surface area contributed by atoms with Gasteiger partial charge in [0.15, 0.2) is 0 Å². The number of amides is 2. The first-order chi connectivity index (χ1) is 16.3. The van der Waals surface area contributed by atoms with E-state index >= 15 is 0 Å². The maximum atomic E-state index is 14.1. The predicted molar refractivity (Wildman–Crippen MR) is 126 cm³/mol. The predicted octanol–water partition coefficient (Wildman–Crippen LogP) is 4.93. The average Bonchev–Trinajstić information content (AvgIpc) is 2.83. The lowest BCUT2D eigenvalue weighted by molar-refractivity contribution is 0.0700. The number of pyridine rings is 1. The lowest BCUT2D eigenvalue weighted by Gasteiger charge is -2.32. The highest BCUT2D eigenvalue weighted by molar-refractivity contribution is 5.96. The van der Waals surface area contributed by atoms with E-state index in [9.17, 15) is 18.4 Å². The molecule has 0 spiro atoms. The largest absolute Gasteiger partial charge is 0.348 e. The number of nitrogens with zero attached hydrogens (tertiary/aromatic N) is 2. The van der Waals surface area contributed by atoms with Gasteiger partial charge in [0.2, 0.25) is 0 Å². The van der Waals surface area contributed by atoms with Crippen molar-refractivity contribution in [2.45, 2.75) is 39.2 Å². The SMILES string of the molecule is Cc1ccc(C(=O)NCc2ccccc2C)c(C2CCN(C(=O)c3c(F)cccc3F)CC2)n1. The zero-order valence-electron chi connectivity index (χ0n) is 19.3. The van der Waals surface area contributed by atoms with Gasteiger partial charge in [0.05, 0.1) is 11.3 Å². The number of carbonyl (C=O) groups excluding carboxylic acids is 2. The molecule has 1 aromatic heterocycles. The number of aryl methyl sites for hydroxylation is 2. The molecule has 3 aromatic rings. The molecule has 0 atom stereocenters. The Bertz CT molecular complexity index is 1200. The third kappa shape index (κ3) is 4.98. The topological polar surface area (TPSA) is 62.3 Å². The molecule has 0 saturated carbocycles. The quantitative estimate of drug-likeness (QED) is 0.584. The molecule has 5 nitrogen and oxygen atoms in total. The Kier molecular flexibility index (Phi) is 7.01. The van der Waals surface area contributed by atoms with Gasteiger partial charge in [0, 0.05) is 31.2 Å². The van der Waals surface area contributed by atoms with Crippen LogP contribution >= 0.6 is 0 Å². The van der Waals surface area contributed by atoms with Crippen molar-refractivity contribution < 1.29 is 18.4 Å². The van der Waals surface area contributed by atoms with Crippen LogP contribution in [-0.4, -0.2) is 34.8 Å². The van der Waals surface area contributed by atoms with Crippen molar-refractivity contribution in [3.05, 3.63) is 99.9 Å². The van der Waals surface area contributed by atoms with Crippen LogP contribution in [0.3, 0.4) is 0 Å². The van der Waals surface area contributed by atoms with Crippen LogP contribution in [0.5, 0.6) is 0 Å². The lowest BCUT2D eigenvalue weighted by atomic mass is 9.89. The Morgan fingerprint density at radius 3 is 2.32 bits per heavy atom. The molecule has 176 valence electrons. The van der Waals surface area contributed by atoms with Crippen molar-refractivity contribution in [1.82, 2.24) is 15.2 Å². The van der Waals surface area contributed by atoms with Crippen LogP contribution in [0.1, 0.15) is 62.0 Å². The van der Waals surface area contributed by atoms with Gasteiger partial charge >= 0.3 is 0 Å². The van der Waals surface area contributed by atoms with Gasteiger partial charge in [-0.05, 0) is 62.1 Å². The smallest absolute Gasteiger partial charge is 0.259 e. The van der Waals surface area contributed by atoms with E-state index in [1.54, 1.807) is 6.07 Å². The summed E-state index contributed by atoms with van der Waals surface area (Å²) in [6.45, 7) is 4.95. The molecule has 1 N–H and O–H groups in total. The van der Waals surface area contributed by atoms with E-state index in [0.29, 0.717) is 43.7 Å². The minimum absolute atomic E-state index is 0.0337. The van der Waals surface area contributed by atoms with Crippen LogP contribution in [-0.2, 0) is 6.54 Å². The summed E-state index contributed by atoms with van der Waals surface area (Å²) in [5.41, 5.74) is 3.65. The number of benzene rings is 2. The highest BCUT2D eigenvalue weighted by Crippen LogP contribution is 2.30. The van der Waals surface area contributed by atoms with Gasteiger partial charge in [-0.25, -0.2) is 8.78 Å². The Balaban J connectivity index is 1.47. The van der Waals surface area contributed by atoms with Crippen molar-refractivity contribution in [1.29, 1.82) is 0 Å². The van der Waals surface area contributed by atoms with Crippen molar-refractivity contribution in [2.75, 3.05) is 13.1 Å². The number of aromatic nitrogens is 1. The van der Waals surface area contributed by atoms with Crippen LogP contribution in [0.4, 0.5) is 8.78 Å². The highest BCUT2D eigenvalue weighted by atomic mass is 19.1. The molecule has 34 heavy (non-hydrogen) atoms. The standard InChI is InChI=1S/C27H27F2N3O2/c1-17-6-3-4-7-20(17)16-30-26(33)21-11-10-18(2)31-25(21)19-12-14-32(15-13-19)27(34)24-22(28)8-5-9-23(24)29/h3-11,19H,12-16H2,1-2H3,(H,30,33). The highest BCUT2D eigenvalue weighted by Gasteiger charge is 2.30. The van der Waals surface area contributed by atoms with E-state index in [-0.39, 0.29) is 11.8 Å². The first-order valence-corrected chi connectivity index (χ1v) is 11.4. The third-order valence-corrected chi connectivity index (χ3v) is 6.35. The normalized spacial score (nSPS) is 14.2. The minimum atomic E-state index is -0.861. The van der Waals surface area contributed by atoms with E-state index in [1.807, 2.05) is 44.2 Å². The molecule has 1 saturated heterocycles. The molecular formula is C27H27F2N3O2. The van der Waals surface area contributed by atoms with Gasteiger partial charge in [-0.15, -0.1) is 0 Å². The monoisotopic (exact) mass is 463 g/mol. The first kappa shape index (κ1) is 23.5. The fraction of sp³-hybridized carbons (Fsp3) is 0.296. The Labute approximate surface area is 197 Å². The Morgan fingerprint density at radius 2 is 1.65 bits per heavy atom. The second-order valence-electron chi connectivity index (χ2n) is 8.66. The van der Waals surface area contributed by atoms with Gasteiger partial charge < -0.3 is 10.2 Å². The molecule has 0 radical (unpaired) electrons. The number of halogens is 2. The molecule has 2 amide bonds. The average molecular weight is 464 g/mol. The van der Waals surface area contributed by atoms with E-state index in [4.69, 9.17) is 0 Å². The molecule has 0 unspecified atom stereocenters. The maximum Gasteiger partial charge on any atom is 0.259 e. The van der Waals surface area contributed by atoms with Crippen LogP contribution < -0.4 is 5.32 Å². The van der Waals surface area contributed by atoms with E-state index in [2.05, 4.69) is 10.3 Å².